The first-order valence-corrected chi connectivity index (χ1v) is 5.53. The minimum absolute atomic E-state index is 0.0166. The molecule has 1 heterocycles. The summed E-state index contributed by atoms with van der Waals surface area (Å²) in [6.07, 6.45) is 1.97. The first kappa shape index (κ1) is 12.0. The minimum Gasteiger partial charge on any atom is -0.393 e. The molecular weight excluding hydrogens is 232 g/mol. The number of thiocarbonyl (C=S) groups is 1. The highest BCUT2D eigenvalue weighted by molar-refractivity contribution is 7.80. The molecule has 82 valence electrons. The van der Waals surface area contributed by atoms with Gasteiger partial charge in [-0.15, -0.1) is 5.10 Å². The molecule has 0 spiro atoms. The molecule has 1 aromatic rings. The van der Waals surface area contributed by atoms with Crippen LogP contribution in [0.1, 0.15) is 23.0 Å². The zero-order valence-corrected chi connectivity index (χ0v) is 10.1. The number of amides is 1. The fraction of sp³-hybridized carbons (Fsp3) is 0.500. The zero-order valence-electron chi connectivity index (χ0n) is 8.51. The van der Waals surface area contributed by atoms with Crippen molar-refractivity contribution < 1.29 is 4.79 Å². The average molecular weight is 244 g/mol. The third-order valence-corrected chi connectivity index (χ3v) is 2.87. The van der Waals surface area contributed by atoms with E-state index in [-0.39, 0.29) is 11.9 Å². The van der Waals surface area contributed by atoms with Crippen LogP contribution < -0.4 is 5.73 Å². The summed E-state index contributed by atoms with van der Waals surface area (Å²) >= 11 is 5.87. The molecule has 5 nitrogen and oxygen atoms in total. The van der Waals surface area contributed by atoms with Gasteiger partial charge in [-0.2, -0.15) is 0 Å². The van der Waals surface area contributed by atoms with Crippen LogP contribution in [0, 0.1) is 0 Å². The third kappa shape index (κ3) is 3.21. The number of hydrogen-bond acceptors (Lipinski definition) is 5. The molecule has 0 saturated carbocycles. The molecule has 2 N–H and O–H groups in total. The number of carbonyl (C=O) groups is 1. The maximum atomic E-state index is 11.8. The fourth-order valence-corrected chi connectivity index (χ4v) is 1.80. The maximum Gasteiger partial charge on any atom is 0.267 e. The largest absolute Gasteiger partial charge is 0.393 e. The summed E-state index contributed by atoms with van der Waals surface area (Å²) < 4.78 is 3.64. The van der Waals surface area contributed by atoms with Crippen molar-refractivity contribution in [2.75, 3.05) is 7.05 Å². The van der Waals surface area contributed by atoms with Crippen LogP contribution in [0.2, 0.25) is 0 Å². The first-order chi connectivity index (χ1) is 7.02. The van der Waals surface area contributed by atoms with Gasteiger partial charge in [0, 0.05) is 19.5 Å². The number of nitrogens with two attached hydrogens (primary N) is 1. The van der Waals surface area contributed by atoms with Crippen molar-refractivity contribution in [2.45, 2.75) is 19.4 Å². The van der Waals surface area contributed by atoms with E-state index in [1.165, 1.54) is 6.20 Å². The van der Waals surface area contributed by atoms with E-state index in [1.807, 2.05) is 6.92 Å². The first-order valence-electron chi connectivity index (χ1n) is 4.35. The van der Waals surface area contributed by atoms with Crippen molar-refractivity contribution in [3.8, 4) is 0 Å². The van der Waals surface area contributed by atoms with Gasteiger partial charge in [0.15, 0.2) is 0 Å². The quantitative estimate of drug-likeness (QED) is 0.788. The van der Waals surface area contributed by atoms with Gasteiger partial charge in [-0.05, 0) is 18.5 Å². The van der Waals surface area contributed by atoms with Crippen molar-refractivity contribution in [3.05, 3.63) is 11.1 Å². The van der Waals surface area contributed by atoms with E-state index in [4.69, 9.17) is 18.0 Å². The van der Waals surface area contributed by atoms with Gasteiger partial charge in [0.25, 0.3) is 5.91 Å². The molecule has 1 unspecified atom stereocenters. The molecule has 0 aliphatic rings. The van der Waals surface area contributed by atoms with E-state index >= 15 is 0 Å². The Balaban J connectivity index is 2.64. The van der Waals surface area contributed by atoms with Crippen LogP contribution in [0.4, 0.5) is 0 Å². The molecule has 0 aliphatic carbocycles. The van der Waals surface area contributed by atoms with Crippen molar-refractivity contribution in [1.82, 2.24) is 14.5 Å². The molecule has 1 atom stereocenters. The molecule has 0 fully saturated rings. The van der Waals surface area contributed by atoms with Gasteiger partial charge < -0.3 is 10.6 Å². The van der Waals surface area contributed by atoms with E-state index in [0.717, 1.165) is 11.5 Å². The Morgan fingerprint density at radius 1 is 1.80 bits per heavy atom. The summed E-state index contributed by atoms with van der Waals surface area (Å²) in [4.78, 5) is 14.3. The zero-order chi connectivity index (χ0) is 11.4. The van der Waals surface area contributed by atoms with Crippen molar-refractivity contribution >= 4 is 34.6 Å². The van der Waals surface area contributed by atoms with E-state index in [9.17, 15) is 4.79 Å². The van der Waals surface area contributed by atoms with Crippen molar-refractivity contribution in [2.24, 2.45) is 5.73 Å². The van der Waals surface area contributed by atoms with Crippen LogP contribution in [0.5, 0.6) is 0 Å². The normalized spacial score (nSPS) is 12.1. The molecule has 0 bridgehead atoms. The predicted octanol–water partition coefficient (Wildman–Crippen LogP) is 0.675. The molecule has 15 heavy (non-hydrogen) atoms. The highest BCUT2D eigenvalue weighted by Gasteiger charge is 2.19. The average Bonchev–Trinajstić information content (AvgIpc) is 2.67. The van der Waals surface area contributed by atoms with Crippen LogP contribution in [0.3, 0.4) is 0 Å². The van der Waals surface area contributed by atoms with Gasteiger partial charge in [-0.3, -0.25) is 4.79 Å². The van der Waals surface area contributed by atoms with Gasteiger partial charge >= 0.3 is 0 Å². The van der Waals surface area contributed by atoms with Gasteiger partial charge in [0.1, 0.15) is 4.88 Å². The van der Waals surface area contributed by atoms with Gasteiger partial charge in [-0.1, -0.05) is 16.7 Å². The Labute approximate surface area is 97.4 Å². The number of aromatic nitrogens is 2. The molecule has 0 saturated heterocycles. The lowest BCUT2D eigenvalue weighted by Crippen LogP contribution is -2.37. The number of hydrogen-bond donors (Lipinski definition) is 1. The summed E-state index contributed by atoms with van der Waals surface area (Å²) in [5, 5.41) is 3.62. The topological polar surface area (TPSA) is 72.1 Å². The van der Waals surface area contributed by atoms with Crippen molar-refractivity contribution in [3.63, 3.8) is 0 Å². The lowest BCUT2D eigenvalue weighted by Gasteiger charge is -2.23. The van der Waals surface area contributed by atoms with E-state index < -0.39 is 0 Å². The highest BCUT2D eigenvalue weighted by Crippen LogP contribution is 2.10. The monoisotopic (exact) mass is 244 g/mol. The summed E-state index contributed by atoms with van der Waals surface area (Å²) in [7, 11) is 1.71. The Kier molecular flexibility index (Phi) is 4.10. The standard InChI is InChI=1S/C8H12N4OS2/c1-5(3-7(9)14)12(2)8(13)6-4-10-11-15-6/h4-5H,3H2,1-2H3,(H2,9,14). The Bertz CT molecular complexity index is 352. The van der Waals surface area contributed by atoms with Gasteiger partial charge in [-0.25, -0.2) is 0 Å². The SMILES string of the molecule is CC(CC(N)=S)N(C)C(=O)c1cnns1. The second-order valence-electron chi connectivity index (χ2n) is 3.22. The van der Waals surface area contributed by atoms with Crippen molar-refractivity contribution in [1.29, 1.82) is 0 Å². The van der Waals surface area contributed by atoms with Crippen LogP contribution in [0.25, 0.3) is 0 Å². The molecule has 0 aromatic carbocycles. The maximum absolute atomic E-state index is 11.8. The second kappa shape index (κ2) is 5.13. The number of rotatable bonds is 4. The summed E-state index contributed by atoms with van der Waals surface area (Å²) in [6.45, 7) is 1.89. The predicted molar refractivity (Wildman–Crippen MR) is 62.9 cm³/mol. The van der Waals surface area contributed by atoms with E-state index in [1.54, 1.807) is 11.9 Å². The highest BCUT2D eigenvalue weighted by atomic mass is 32.1. The molecule has 7 heteroatoms. The second-order valence-corrected chi connectivity index (χ2v) is 4.53. The molecule has 0 radical (unpaired) electrons. The van der Waals surface area contributed by atoms with Crippen LogP contribution in [0.15, 0.2) is 6.20 Å². The lowest BCUT2D eigenvalue weighted by atomic mass is 10.2. The van der Waals surface area contributed by atoms with Crippen LogP contribution in [-0.2, 0) is 0 Å². The molecule has 1 aromatic heterocycles. The number of carbonyl (C=O) groups excluding carboxylic acids is 1. The summed E-state index contributed by atoms with van der Waals surface area (Å²) in [5.74, 6) is -0.103. The lowest BCUT2D eigenvalue weighted by molar-refractivity contribution is 0.0753. The Morgan fingerprint density at radius 2 is 2.47 bits per heavy atom. The Morgan fingerprint density at radius 3 is 2.93 bits per heavy atom. The summed E-state index contributed by atoms with van der Waals surface area (Å²) in [6, 6.07) is -0.0166. The smallest absolute Gasteiger partial charge is 0.267 e. The van der Waals surface area contributed by atoms with Crippen LogP contribution >= 0.6 is 23.8 Å². The van der Waals surface area contributed by atoms with Gasteiger partial charge in [0.05, 0.1) is 11.2 Å². The molecular formula is C8H12N4OS2. The fourth-order valence-electron chi connectivity index (χ4n) is 1.06. The third-order valence-electron chi connectivity index (χ3n) is 2.05. The Hall–Kier alpha value is -1.08. The van der Waals surface area contributed by atoms with E-state index in [0.29, 0.717) is 16.3 Å². The molecule has 1 rings (SSSR count). The van der Waals surface area contributed by atoms with E-state index in [2.05, 4.69) is 9.59 Å². The minimum atomic E-state index is -0.103. The van der Waals surface area contributed by atoms with Crippen LogP contribution in [-0.4, -0.2) is 38.5 Å². The number of nitrogens with zero attached hydrogens (tertiary/aromatic N) is 3. The molecule has 1 amide bonds. The molecule has 0 aliphatic heterocycles. The summed E-state index contributed by atoms with van der Waals surface area (Å²) in [5.41, 5.74) is 5.42. The van der Waals surface area contributed by atoms with Gasteiger partial charge in [0.2, 0.25) is 0 Å².